The number of imidazole rings is 1. The molecule has 2 rings (SSSR count). The maximum Gasteiger partial charge on any atom is 0.131 e. The quantitative estimate of drug-likeness (QED) is 0.920. The molecule has 0 bridgehead atoms. The predicted molar refractivity (Wildman–Crippen MR) is 80.9 cm³/mol. The van der Waals surface area contributed by atoms with E-state index in [0.717, 1.165) is 5.82 Å². The van der Waals surface area contributed by atoms with E-state index in [4.69, 9.17) is 4.74 Å². The molecule has 0 atom stereocenters. The highest BCUT2D eigenvalue weighted by molar-refractivity contribution is 5.29. The molecule has 1 aromatic heterocycles. The Hall–Kier alpha value is -1.88. The van der Waals surface area contributed by atoms with E-state index in [0.29, 0.717) is 24.4 Å². The lowest BCUT2D eigenvalue weighted by molar-refractivity contribution is 0.409. The molecule has 2 aromatic rings. The minimum atomic E-state index is -0.266. The molecule has 0 fully saturated rings. The van der Waals surface area contributed by atoms with Crippen LogP contribution in [0.25, 0.3) is 0 Å². The fourth-order valence-corrected chi connectivity index (χ4v) is 1.96. The van der Waals surface area contributed by atoms with Crippen LogP contribution in [0.5, 0.6) is 5.75 Å². The van der Waals surface area contributed by atoms with Crippen molar-refractivity contribution in [2.45, 2.75) is 39.4 Å². The fraction of sp³-hybridized carbons (Fsp3) is 0.438. The lowest BCUT2D eigenvalue weighted by atomic mass is 10.1. The molecule has 0 radical (unpaired) electrons. The topological polar surface area (TPSA) is 39.1 Å². The van der Waals surface area contributed by atoms with Crippen molar-refractivity contribution in [2.75, 3.05) is 7.11 Å². The molecule has 0 unspecified atom stereocenters. The molecule has 21 heavy (non-hydrogen) atoms. The van der Waals surface area contributed by atoms with Gasteiger partial charge in [0.2, 0.25) is 0 Å². The van der Waals surface area contributed by atoms with E-state index >= 15 is 0 Å². The van der Waals surface area contributed by atoms with E-state index < -0.39 is 0 Å². The monoisotopic (exact) mass is 291 g/mol. The van der Waals surface area contributed by atoms with Crippen molar-refractivity contribution in [3.8, 4) is 5.75 Å². The van der Waals surface area contributed by atoms with E-state index in [-0.39, 0.29) is 11.4 Å². The number of benzene rings is 1. The molecule has 114 valence electrons. The first-order valence-corrected chi connectivity index (χ1v) is 6.96. The number of ether oxygens (including phenoxy) is 1. The third-order valence-corrected chi connectivity index (χ3v) is 3.18. The van der Waals surface area contributed by atoms with Crippen LogP contribution in [0.3, 0.4) is 0 Å². The van der Waals surface area contributed by atoms with Gasteiger partial charge in [-0.3, -0.25) is 0 Å². The molecular weight excluding hydrogens is 269 g/mol. The third kappa shape index (κ3) is 4.29. The van der Waals surface area contributed by atoms with Crippen molar-refractivity contribution >= 4 is 0 Å². The van der Waals surface area contributed by atoms with Crippen LogP contribution in [-0.2, 0) is 13.1 Å². The van der Waals surface area contributed by atoms with Gasteiger partial charge in [0.1, 0.15) is 17.4 Å². The Labute approximate surface area is 125 Å². The Morgan fingerprint density at radius 1 is 1.33 bits per heavy atom. The molecule has 5 heteroatoms. The fourth-order valence-electron chi connectivity index (χ4n) is 1.96. The molecule has 0 aliphatic carbocycles. The van der Waals surface area contributed by atoms with Crippen molar-refractivity contribution in [1.29, 1.82) is 0 Å². The van der Waals surface area contributed by atoms with Gasteiger partial charge < -0.3 is 14.6 Å². The van der Waals surface area contributed by atoms with E-state index in [1.165, 1.54) is 13.2 Å². The first-order valence-electron chi connectivity index (χ1n) is 6.96. The number of rotatable bonds is 5. The van der Waals surface area contributed by atoms with E-state index in [2.05, 4.69) is 31.1 Å². The number of halogens is 1. The molecule has 0 amide bonds. The lowest BCUT2D eigenvalue weighted by Gasteiger charge is -2.20. The number of methoxy groups -OCH3 is 1. The van der Waals surface area contributed by atoms with Crippen molar-refractivity contribution in [2.24, 2.45) is 0 Å². The summed E-state index contributed by atoms with van der Waals surface area (Å²) < 4.78 is 21.0. The second-order valence-corrected chi connectivity index (χ2v) is 6.03. The Morgan fingerprint density at radius 2 is 2.10 bits per heavy atom. The zero-order valence-electron chi connectivity index (χ0n) is 13.0. The maximum atomic E-state index is 14.0. The summed E-state index contributed by atoms with van der Waals surface area (Å²) in [5.41, 5.74) is 0.633. The summed E-state index contributed by atoms with van der Waals surface area (Å²) in [6.45, 7) is 7.40. The van der Waals surface area contributed by atoms with E-state index in [9.17, 15) is 4.39 Å². The summed E-state index contributed by atoms with van der Waals surface area (Å²) in [4.78, 5) is 4.33. The van der Waals surface area contributed by atoms with Crippen molar-refractivity contribution in [3.63, 3.8) is 0 Å². The molecule has 1 heterocycles. The molecular formula is C16H22FN3O. The van der Waals surface area contributed by atoms with Gasteiger partial charge in [-0.2, -0.15) is 0 Å². The van der Waals surface area contributed by atoms with E-state index in [1.54, 1.807) is 18.3 Å². The summed E-state index contributed by atoms with van der Waals surface area (Å²) in [6, 6.07) is 4.91. The van der Waals surface area contributed by atoms with Crippen LogP contribution in [0.15, 0.2) is 30.6 Å². The summed E-state index contributed by atoms with van der Waals surface area (Å²) in [5, 5.41) is 3.39. The highest BCUT2D eigenvalue weighted by Crippen LogP contribution is 2.17. The molecule has 1 N–H and O–H groups in total. The largest absolute Gasteiger partial charge is 0.497 e. The normalized spacial score (nSPS) is 11.7. The highest BCUT2D eigenvalue weighted by Gasteiger charge is 2.12. The summed E-state index contributed by atoms with van der Waals surface area (Å²) >= 11 is 0. The zero-order valence-corrected chi connectivity index (χ0v) is 13.0. The van der Waals surface area contributed by atoms with Crippen molar-refractivity contribution in [1.82, 2.24) is 14.9 Å². The number of hydrogen-bond acceptors (Lipinski definition) is 3. The van der Waals surface area contributed by atoms with Crippen molar-refractivity contribution in [3.05, 3.63) is 47.8 Å². The lowest BCUT2D eigenvalue weighted by Crippen LogP contribution is -2.36. The molecule has 0 spiro atoms. The number of aromatic nitrogens is 2. The summed E-state index contributed by atoms with van der Waals surface area (Å²) in [5.74, 6) is 1.15. The average Bonchev–Trinajstić information content (AvgIpc) is 2.85. The minimum absolute atomic E-state index is 0.0160. The number of nitrogens with one attached hydrogen (secondary N) is 1. The van der Waals surface area contributed by atoms with E-state index in [1.807, 2.05) is 10.8 Å². The Balaban J connectivity index is 2.12. The van der Waals surface area contributed by atoms with Gasteiger partial charge in [-0.25, -0.2) is 9.37 Å². The van der Waals surface area contributed by atoms with Crippen LogP contribution < -0.4 is 10.1 Å². The molecule has 4 nitrogen and oxygen atoms in total. The third-order valence-electron chi connectivity index (χ3n) is 3.18. The number of hydrogen-bond donors (Lipinski definition) is 1. The number of nitrogens with zero attached hydrogens (tertiary/aromatic N) is 2. The highest BCUT2D eigenvalue weighted by atomic mass is 19.1. The Morgan fingerprint density at radius 3 is 2.71 bits per heavy atom. The van der Waals surface area contributed by atoms with Crippen LogP contribution in [0, 0.1) is 5.82 Å². The first kappa shape index (κ1) is 15.5. The van der Waals surface area contributed by atoms with Gasteiger partial charge in [0, 0.05) is 29.6 Å². The van der Waals surface area contributed by atoms with Gasteiger partial charge >= 0.3 is 0 Å². The van der Waals surface area contributed by atoms with Crippen LogP contribution in [-0.4, -0.2) is 22.2 Å². The van der Waals surface area contributed by atoms with Gasteiger partial charge in [-0.05, 0) is 26.8 Å². The SMILES string of the molecule is COc1ccc(Cn2ccnc2CNC(C)(C)C)c(F)c1. The van der Waals surface area contributed by atoms with Gasteiger partial charge in [-0.1, -0.05) is 6.07 Å². The van der Waals surface area contributed by atoms with Crippen LogP contribution >= 0.6 is 0 Å². The van der Waals surface area contributed by atoms with Gasteiger partial charge in [-0.15, -0.1) is 0 Å². The standard InChI is InChI=1S/C16H22FN3O/c1-16(2,3)19-10-15-18-7-8-20(15)11-12-5-6-13(21-4)9-14(12)17/h5-9,19H,10-11H2,1-4H3. The van der Waals surface area contributed by atoms with Crippen molar-refractivity contribution < 1.29 is 9.13 Å². The van der Waals surface area contributed by atoms with Crippen LogP contribution in [0.4, 0.5) is 4.39 Å². The maximum absolute atomic E-state index is 14.0. The predicted octanol–water partition coefficient (Wildman–Crippen LogP) is 2.97. The Kier molecular flexibility index (Phi) is 4.63. The van der Waals surface area contributed by atoms with Gasteiger partial charge in [0.15, 0.2) is 0 Å². The minimum Gasteiger partial charge on any atom is -0.497 e. The molecule has 0 aliphatic heterocycles. The summed E-state index contributed by atoms with van der Waals surface area (Å²) in [7, 11) is 1.53. The molecule has 0 aliphatic rings. The first-order chi connectivity index (χ1) is 9.89. The molecule has 0 saturated heterocycles. The smallest absolute Gasteiger partial charge is 0.131 e. The second-order valence-electron chi connectivity index (χ2n) is 6.03. The van der Waals surface area contributed by atoms with Crippen LogP contribution in [0.2, 0.25) is 0 Å². The zero-order chi connectivity index (χ0) is 15.5. The second kappa shape index (κ2) is 6.26. The summed E-state index contributed by atoms with van der Waals surface area (Å²) in [6.07, 6.45) is 3.60. The van der Waals surface area contributed by atoms with Gasteiger partial charge in [0.25, 0.3) is 0 Å². The van der Waals surface area contributed by atoms with Gasteiger partial charge in [0.05, 0.1) is 20.2 Å². The van der Waals surface area contributed by atoms with Crippen LogP contribution in [0.1, 0.15) is 32.2 Å². The Bertz CT molecular complexity index is 602. The molecule has 0 saturated carbocycles. The average molecular weight is 291 g/mol. The molecule has 1 aromatic carbocycles.